The summed E-state index contributed by atoms with van der Waals surface area (Å²) in [5.41, 5.74) is 8.10. The third-order valence-electron chi connectivity index (χ3n) is 2.00. The molecule has 0 unspecified atom stereocenters. The highest BCUT2D eigenvalue weighted by Crippen LogP contribution is 2.23. The first-order chi connectivity index (χ1) is 7.25. The highest BCUT2D eigenvalue weighted by atomic mass is 32.2. The molecule has 0 aliphatic rings. The van der Waals surface area contributed by atoms with Crippen molar-refractivity contribution in [3.8, 4) is 0 Å². The number of benzene rings is 1. The van der Waals surface area contributed by atoms with Gasteiger partial charge in [-0.1, -0.05) is 10.3 Å². The third kappa shape index (κ3) is 2.50. The lowest BCUT2D eigenvalue weighted by atomic mass is 10.3. The van der Waals surface area contributed by atoms with Gasteiger partial charge in [-0.05, 0) is 31.2 Å². The predicted octanol–water partition coefficient (Wildman–Crippen LogP) is 2.25. The van der Waals surface area contributed by atoms with Crippen LogP contribution in [-0.2, 0) is 5.75 Å². The minimum atomic E-state index is 0.763. The Bertz CT molecular complexity index is 438. The summed E-state index contributed by atoms with van der Waals surface area (Å²) in [6.45, 7) is 1.88. The number of hydrogen-bond donors (Lipinski definition) is 1. The molecule has 0 spiro atoms. The molecule has 2 rings (SSSR count). The maximum atomic E-state index is 5.59. The number of rotatable bonds is 3. The van der Waals surface area contributed by atoms with E-state index in [9.17, 15) is 0 Å². The standard InChI is InChI=1S/C10H11N3OS/c1-7-10(13-14-12-7)6-15-9-4-2-8(11)3-5-9/h2-5H,6,11H2,1H3. The van der Waals surface area contributed by atoms with E-state index < -0.39 is 0 Å². The molecular weight excluding hydrogens is 210 g/mol. The first kappa shape index (κ1) is 10.0. The van der Waals surface area contributed by atoms with E-state index in [4.69, 9.17) is 5.73 Å². The van der Waals surface area contributed by atoms with Crippen LogP contribution in [0.4, 0.5) is 5.69 Å². The minimum absolute atomic E-state index is 0.763. The fourth-order valence-electron chi connectivity index (χ4n) is 1.10. The molecule has 1 aromatic heterocycles. The second-order valence-electron chi connectivity index (χ2n) is 3.15. The SMILES string of the molecule is Cc1nonc1CSc1ccc(N)cc1. The molecule has 0 aliphatic carbocycles. The summed E-state index contributed by atoms with van der Waals surface area (Å²) in [6, 6.07) is 7.75. The number of anilines is 1. The summed E-state index contributed by atoms with van der Waals surface area (Å²) < 4.78 is 4.62. The van der Waals surface area contributed by atoms with Crippen molar-refractivity contribution in [2.45, 2.75) is 17.6 Å². The first-order valence-corrected chi connectivity index (χ1v) is 5.50. The molecule has 0 fully saturated rings. The van der Waals surface area contributed by atoms with Gasteiger partial charge in [0.1, 0.15) is 11.4 Å². The highest BCUT2D eigenvalue weighted by Gasteiger charge is 2.05. The number of aryl methyl sites for hydroxylation is 1. The van der Waals surface area contributed by atoms with Crippen LogP contribution in [-0.4, -0.2) is 10.3 Å². The van der Waals surface area contributed by atoms with Crippen LogP contribution in [0.1, 0.15) is 11.4 Å². The van der Waals surface area contributed by atoms with E-state index in [0.717, 1.165) is 27.7 Å². The fraction of sp³-hybridized carbons (Fsp3) is 0.200. The number of nitrogens with two attached hydrogens (primary N) is 1. The van der Waals surface area contributed by atoms with E-state index in [1.165, 1.54) is 0 Å². The first-order valence-electron chi connectivity index (χ1n) is 4.52. The van der Waals surface area contributed by atoms with Crippen LogP contribution in [0.3, 0.4) is 0 Å². The normalized spacial score (nSPS) is 10.5. The van der Waals surface area contributed by atoms with Gasteiger partial charge in [0, 0.05) is 16.3 Å². The van der Waals surface area contributed by atoms with Gasteiger partial charge >= 0.3 is 0 Å². The molecule has 4 nitrogen and oxygen atoms in total. The van der Waals surface area contributed by atoms with Crippen molar-refractivity contribution in [1.82, 2.24) is 10.3 Å². The Kier molecular flexibility index (Phi) is 2.91. The lowest BCUT2D eigenvalue weighted by Crippen LogP contribution is -1.85. The molecule has 0 saturated carbocycles. The van der Waals surface area contributed by atoms with Gasteiger partial charge in [-0.25, -0.2) is 4.63 Å². The topological polar surface area (TPSA) is 64.9 Å². The van der Waals surface area contributed by atoms with E-state index in [1.807, 2.05) is 31.2 Å². The Morgan fingerprint density at radius 1 is 1.27 bits per heavy atom. The molecule has 1 aromatic carbocycles. The molecule has 0 amide bonds. The summed E-state index contributed by atoms with van der Waals surface area (Å²) in [6.07, 6.45) is 0. The zero-order valence-electron chi connectivity index (χ0n) is 8.30. The van der Waals surface area contributed by atoms with Gasteiger partial charge in [0.25, 0.3) is 0 Å². The zero-order chi connectivity index (χ0) is 10.7. The quantitative estimate of drug-likeness (QED) is 0.636. The molecule has 2 N–H and O–H groups in total. The van der Waals surface area contributed by atoms with E-state index in [1.54, 1.807) is 11.8 Å². The molecule has 0 radical (unpaired) electrons. The van der Waals surface area contributed by atoms with Crippen LogP contribution in [0.25, 0.3) is 0 Å². The number of nitrogen functional groups attached to an aromatic ring is 1. The van der Waals surface area contributed by atoms with Crippen LogP contribution in [0, 0.1) is 6.92 Å². The van der Waals surface area contributed by atoms with Crippen molar-refractivity contribution in [2.75, 3.05) is 5.73 Å². The number of nitrogens with zero attached hydrogens (tertiary/aromatic N) is 2. The largest absolute Gasteiger partial charge is 0.399 e. The van der Waals surface area contributed by atoms with Crippen molar-refractivity contribution in [3.63, 3.8) is 0 Å². The van der Waals surface area contributed by atoms with Crippen LogP contribution < -0.4 is 5.73 Å². The summed E-state index contributed by atoms with van der Waals surface area (Å²) in [5, 5.41) is 7.54. The lowest BCUT2D eigenvalue weighted by molar-refractivity contribution is 0.302. The predicted molar refractivity (Wildman–Crippen MR) is 59.5 cm³/mol. The van der Waals surface area contributed by atoms with Crippen LogP contribution in [0.2, 0.25) is 0 Å². The number of aromatic nitrogens is 2. The Morgan fingerprint density at radius 2 is 2.00 bits per heavy atom. The third-order valence-corrected chi connectivity index (χ3v) is 3.03. The van der Waals surface area contributed by atoms with Gasteiger partial charge in [0.2, 0.25) is 0 Å². The Morgan fingerprint density at radius 3 is 2.60 bits per heavy atom. The van der Waals surface area contributed by atoms with Gasteiger partial charge in [-0.3, -0.25) is 0 Å². The fourth-order valence-corrected chi connectivity index (χ4v) is 1.99. The Balaban J connectivity index is 1.99. The van der Waals surface area contributed by atoms with Gasteiger partial charge < -0.3 is 5.73 Å². The monoisotopic (exact) mass is 221 g/mol. The summed E-state index contributed by atoms with van der Waals surface area (Å²) in [4.78, 5) is 1.16. The average Bonchev–Trinajstić information content (AvgIpc) is 2.63. The van der Waals surface area contributed by atoms with Crippen molar-refractivity contribution in [2.24, 2.45) is 0 Å². The molecule has 15 heavy (non-hydrogen) atoms. The molecule has 2 aromatic rings. The molecular formula is C10H11N3OS. The molecule has 0 saturated heterocycles. The summed E-state index contributed by atoms with van der Waals surface area (Å²) in [7, 11) is 0. The van der Waals surface area contributed by atoms with E-state index >= 15 is 0 Å². The molecule has 0 atom stereocenters. The number of hydrogen-bond acceptors (Lipinski definition) is 5. The Labute approximate surface area is 91.8 Å². The lowest BCUT2D eigenvalue weighted by Gasteiger charge is -1.99. The maximum Gasteiger partial charge on any atom is 0.118 e. The van der Waals surface area contributed by atoms with Crippen molar-refractivity contribution in [3.05, 3.63) is 35.7 Å². The second kappa shape index (κ2) is 4.35. The molecule has 78 valence electrons. The van der Waals surface area contributed by atoms with Crippen LogP contribution in [0.15, 0.2) is 33.8 Å². The van der Waals surface area contributed by atoms with Gasteiger partial charge in [0.15, 0.2) is 0 Å². The smallest absolute Gasteiger partial charge is 0.118 e. The van der Waals surface area contributed by atoms with Crippen molar-refractivity contribution in [1.29, 1.82) is 0 Å². The number of thioether (sulfide) groups is 1. The minimum Gasteiger partial charge on any atom is -0.399 e. The van der Waals surface area contributed by atoms with Gasteiger partial charge in [0.05, 0.1) is 0 Å². The van der Waals surface area contributed by atoms with E-state index in [0.29, 0.717) is 0 Å². The van der Waals surface area contributed by atoms with Crippen LogP contribution >= 0.6 is 11.8 Å². The second-order valence-corrected chi connectivity index (χ2v) is 4.20. The Hall–Kier alpha value is -1.49. The zero-order valence-corrected chi connectivity index (χ0v) is 9.12. The molecule has 0 aliphatic heterocycles. The summed E-state index contributed by atoms with van der Waals surface area (Å²) >= 11 is 1.68. The average molecular weight is 221 g/mol. The maximum absolute atomic E-state index is 5.59. The molecule has 5 heteroatoms. The highest BCUT2D eigenvalue weighted by molar-refractivity contribution is 7.98. The van der Waals surface area contributed by atoms with E-state index in [2.05, 4.69) is 14.9 Å². The van der Waals surface area contributed by atoms with Gasteiger partial charge in [-0.2, -0.15) is 0 Å². The van der Waals surface area contributed by atoms with Crippen molar-refractivity contribution >= 4 is 17.4 Å². The molecule has 1 heterocycles. The van der Waals surface area contributed by atoms with Crippen molar-refractivity contribution < 1.29 is 4.63 Å². The van der Waals surface area contributed by atoms with E-state index in [-0.39, 0.29) is 0 Å². The summed E-state index contributed by atoms with van der Waals surface area (Å²) in [5.74, 6) is 0.763. The molecule has 0 bridgehead atoms. The van der Waals surface area contributed by atoms with Gasteiger partial charge in [-0.15, -0.1) is 11.8 Å². The van der Waals surface area contributed by atoms with Crippen LogP contribution in [0.5, 0.6) is 0 Å².